The van der Waals surface area contributed by atoms with E-state index in [4.69, 9.17) is 0 Å². The van der Waals surface area contributed by atoms with Crippen molar-refractivity contribution in [2.75, 3.05) is 5.32 Å². The monoisotopic (exact) mass is 361 g/mol. The Hall–Kier alpha value is -3.32. The average Bonchev–Trinajstić information content (AvgIpc) is 3.34. The van der Waals surface area contributed by atoms with E-state index >= 15 is 0 Å². The number of pyridine rings is 1. The van der Waals surface area contributed by atoms with Crippen LogP contribution in [0.3, 0.4) is 0 Å². The highest BCUT2D eigenvalue weighted by molar-refractivity contribution is 7.13. The number of nitrogens with one attached hydrogen (secondary N) is 1. The molecule has 3 aromatic heterocycles. The molecule has 4 aromatic rings. The zero-order valence-electron chi connectivity index (χ0n) is 14.0. The van der Waals surface area contributed by atoms with Gasteiger partial charge in [0.05, 0.1) is 11.9 Å². The lowest BCUT2D eigenvalue weighted by Crippen LogP contribution is -2.14. The van der Waals surface area contributed by atoms with E-state index in [1.165, 1.54) is 11.3 Å². The van der Waals surface area contributed by atoms with Gasteiger partial charge in [0.15, 0.2) is 0 Å². The van der Waals surface area contributed by atoms with Crippen LogP contribution >= 0.6 is 11.3 Å². The average molecular weight is 361 g/mol. The summed E-state index contributed by atoms with van der Waals surface area (Å²) in [5.41, 5.74) is 3.11. The van der Waals surface area contributed by atoms with E-state index in [9.17, 15) is 4.79 Å². The zero-order valence-corrected chi connectivity index (χ0v) is 14.8. The van der Waals surface area contributed by atoms with E-state index in [1.807, 2.05) is 55.6 Å². The van der Waals surface area contributed by atoms with Crippen LogP contribution in [0.5, 0.6) is 0 Å². The minimum absolute atomic E-state index is 0.273. The molecule has 3 heterocycles. The third-order valence-corrected chi connectivity index (χ3v) is 4.72. The second-order valence-corrected chi connectivity index (χ2v) is 6.53. The molecule has 0 fully saturated rings. The minimum Gasteiger partial charge on any atom is -0.305 e. The highest BCUT2D eigenvalue weighted by Crippen LogP contribution is 2.24. The molecule has 0 spiro atoms. The maximum Gasteiger partial charge on any atom is 0.276 e. The number of amides is 1. The first-order valence-corrected chi connectivity index (χ1v) is 8.87. The van der Waals surface area contributed by atoms with E-state index in [1.54, 1.807) is 22.5 Å². The topological polar surface area (TPSA) is 72.7 Å². The van der Waals surface area contributed by atoms with Crippen molar-refractivity contribution < 1.29 is 4.79 Å². The third kappa shape index (κ3) is 3.25. The predicted molar refractivity (Wildman–Crippen MR) is 102 cm³/mol. The van der Waals surface area contributed by atoms with Crippen molar-refractivity contribution >= 4 is 23.1 Å². The molecule has 0 aliphatic carbocycles. The number of benzene rings is 1. The Bertz CT molecular complexity index is 1050. The van der Waals surface area contributed by atoms with Gasteiger partial charge in [-0.15, -0.1) is 11.3 Å². The first-order chi connectivity index (χ1) is 12.7. The number of carbonyl (C=O) groups is 1. The van der Waals surface area contributed by atoms with Crippen LogP contribution in [0.4, 0.5) is 5.82 Å². The Morgan fingerprint density at radius 1 is 1.15 bits per heavy atom. The first kappa shape index (κ1) is 16.2. The number of hydrogen-bond donors (Lipinski definition) is 1. The number of rotatable bonds is 4. The van der Waals surface area contributed by atoms with Gasteiger partial charge in [-0.3, -0.25) is 4.79 Å². The molecule has 0 atom stereocenters. The standard InChI is InChI=1S/C19H15N5OS/c1-13-6-5-9-20-17(13)23-18(25)16-12-26-19(22-16)14-10-21-24(11-14)15-7-3-2-4-8-15/h2-12H,1H3,(H,20,23,25). The first-order valence-electron chi connectivity index (χ1n) is 8.00. The Kier molecular flexibility index (Phi) is 4.28. The van der Waals surface area contributed by atoms with Crippen LogP contribution in [0, 0.1) is 6.92 Å². The van der Waals surface area contributed by atoms with Crippen LogP contribution in [-0.2, 0) is 0 Å². The number of aromatic nitrogens is 4. The summed E-state index contributed by atoms with van der Waals surface area (Å²) in [6.45, 7) is 1.90. The lowest BCUT2D eigenvalue weighted by molar-refractivity contribution is 0.102. The summed E-state index contributed by atoms with van der Waals surface area (Å²) < 4.78 is 1.79. The smallest absolute Gasteiger partial charge is 0.276 e. The fourth-order valence-electron chi connectivity index (χ4n) is 2.45. The van der Waals surface area contributed by atoms with Gasteiger partial charge in [0.25, 0.3) is 5.91 Å². The van der Waals surface area contributed by atoms with Crippen molar-refractivity contribution in [3.63, 3.8) is 0 Å². The summed E-state index contributed by atoms with van der Waals surface area (Å²) in [5, 5.41) is 9.65. The maximum atomic E-state index is 12.4. The van der Waals surface area contributed by atoms with E-state index < -0.39 is 0 Å². The number of thiazole rings is 1. The molecule has 6 nitrogen and oxygen atoms in total. The van der Waals surface area contributed by atoms with E-state index in [0.717, 1.165) is 21.8 Å². The van der Waals surface area contributed by atoms with Gasteiger partial charge in [0.2, 0.25) is 0 Å². The highest BCUT2D eigenvalue weighted by Gasteiger charge is 2.14. The zero-order chi connectivity index (χ0) is 17.9. The van der Waals surface area contributed by atoms with Gasteiger partial charge in [-0.2, -0.15) is 5.10 Å². The van der Waals surface area contributed by atoms with Gasteiger partial charge < -0.3 is 5.32 Å². The molecule has 128 valence electrons. The van der Waals surface area contributed by atoms with Crippen molar-refractivity contribution in [1.29, 1.82) is 0 Å². The van der Waals surface area contributed by atoms with E-state index in [2.05, 4.69) is 20.4 Å². The SMILES string of the molecule is Cc1cccnc1NC(=O)c1csc(-c2cnn(-c3ccccc3)c2)n1. The van der Waals surface area contributed by atoms with Crippen molar-refractivity contribution in [3.8, 4) is 16.3 Å². The summed E-state index contributed by atoms with van der Waals surface area (Å²) in [5.74, 6) is 0.272. The van der Waals surface area contributed by atoms with E-state index in [0.29, 0.717) is 11.5 Å². The normalized spacial score (nSPS) is 10.7. The molecule has 0 radical (unpaired) electrons. The molecule has 0 unspecified atom stereocenters. The molecule has 0 saturated carbocycles. The Morgan fingerprint density at radius 3 is 2.81 bits per heavy atom. The van der Waals surface area contributed by atoms with Crippen LogP contribution in [0.1, 0.15) is 16.1 Å². The van der Waals surface area contributed by atoms with Gasteiger partial charge in [-0.05, 0) is 30.7 Å². The Labute approximate surface area is 154 Å². The summed E-state index contributed by atoms with van der Waals surface area (Å²) >= 11 is 1.41. The molecule has 0 aliphatic heterocycles. The molecule has 26 heavy (non-hydrogen) atoms. The highest BCUT2D eigenvalue weighted by atomic mass is 32.1. The van der Waals surface area contributed by atoms with Crippen LogP contribution in [0.2, 0.25) is 0 Å². The summed E-state index contributed by atoms with van der Waals surface area (Å²) in [4.78, 5) is 21.0. The number of anilines is 1. The van der Waals surface area contributed by atoms with Gasteiger partial charge >= 0.3 is 0 Å². The van der Waals surface area contributed by atoms with Gasteiger partial charge in [-0.1, -0.05) is 24.3 Å². The van der Waals surface area contributed by atoms with Gasteiger partial charge in [-0.25, -0.2) is 14.6 Å². The van der Waals surface area contributed by atoms with Crippen LogP contribution < -0.4 is 5.32 Å². The van der Waals surface area contributed by atoms with Gasteiger partial charge in [0, 0.05) is 23.3 Å². The molecule has 1 amide bonds. The Balaban J connectivity index is 1.54. The van der Waals surface area contributed by atoms with Crippen LogP contribution in [0.15, 0.2) is 66.4 Å². The van der Waals surface area contributed by atoms with Crippen molar-refractivity contribution in [3.05, 3.63) is 77.7 Å². The molecule has 0 aliphatic rings. The molecular weight excluding hydrogens is 346 g/mol. The number of carbonyl (C=O) groups excluding carboxylic acids is 1. The molecule has 0 saturated heterocycles. The maximum absolute atomic E-state index is 12.4. The van der Waals surface area contributed by atoms with Crippen molar-refractivity contribution in [2.24, 2.45) is 0 Å². The number of para-hydroxylation sites is 1. The second kappa shape index (κ2) is 6.89. The molecule has 0 bridgehead atoms. The van der Waals surface area contributed by atoms with E-state index in [-0.39, 0.29) is 5.91 Å². The second-order valence-electron chi connectivity index (χ2n) is 5.67. The van der Waals surface area contributed by atoms with Crippen LogP contribution in [0.25, 0.3) is 16.3 Å². The molecule has 1 N–H and O–H groups in total. The third-order valence-electron chi connectivity index (χ3n) is 3.83. The number of nitrogens with zero attached hydrogens (tertiary/aromatic N) is 4. The fraction of sp³-hybridized carbons (Fsp3) is 0.0526. The predicted octanol–water partition coefficient (Wildman–Crippen LogP) is 3.95. The van der Waals surface area contributed by atoms with Crippen molar-refractivity contribution in [1.82, 2.24) is 19.7 Å². The summed E-state index contributed by atoms with van der Waals surface area (Å²) in [7, 11) is 0. The lowest BCUT2D eigenvalue weighted by Gasteiger charge is -2.04. The van der Waals surface area contributed by atoms with Crippen LogP contribution in [-0.4, -0.2) is 25.7 Å². The number of aryl methyl sites for hydroxylation is 1. The fourth-order valence-corrected chi connectivity index (χ4v) is 3.23. The Morgan fingerprint density at radius 2 is 2.00 bits per heavy atom. The largest absolute Gasteiger partial charge is 0.305 e. The lowest BCUT2D eigenvalue weighted by atomic mass is 10.3. The number of hydrogen-bond acceptors (Lipinski definition) is 5. The molecule has 4 rings (SSSR count). The summed E-state index contributed by atoms with van der Waals surface area (Å²) in [6.07, 6.45) is 5.29. The van der Waals surface area contributed by atoms with Gasteiger partial charge in [0.1, 0.15) is 16.5 Å². The minimum atomic E-state index is -0.273. The summed E-state index contributed by atoms with van der Waals surface area (Å²) in [6, 6.07) is 13.6. The molecular formula is C19H15N5OS. The van der Waals surface area contributed by atoms with Crippen molar-refractivity contribution in [2.45, 2.75) is 6.92 Å². The molecule has 7 heteroatoms. The quantitative estimate of drug-likeness (QED) is 0.597. The molecule has 1 aromatic carbocycles.